The van der Waals surface area contributed by atoms with Crippen LogP contribution >= 0.6 is 0 Å². The van der Waals surface area contributed by atoms with E-state index in [0.717, 1.165) is 0 Å². The molecule has 0 fully saturated rings. The van der Waals surface area contributed by atoms with Crippen molar-refractivity contribution < 1.29 is 13.2 Å². The van der Waals surface area contributed by atoms with Gasteiger partial charge in [-0.1, -0.05) is 48.5 Å². The van der Waals surface area contributed by atoms with Crippen LogP contribution < -0.4 is 5.73 Å². The highest BCUT2D eigenvalue weighted by atomic mass is 32.2. The molecule has 4 nitrogen and oxygen atoms in total. The Morgan fingerprint density at radius 2 is 1.38 bits per heavy atom. The van der Waals surface area contributed by atoms with Crippen LogP contribution in [0.25, 0.3) is 0 Å². The summed E-state index contributed by atoms with van der Waals surface area (Å²) in [5.41, 5.74) is 6.60. The minimum Gasteiger partial charge on any atom is -0.399 e. The Kier molecular flexibility index (Phi) is 4.18. The maximum absolute atomic E-state index is 12.9. The van der Waals surface area contributed by atoms with Gasteiger partial charge in [0.05, 0.1) is 9.79 Å². The summed E-state index contributed by atoms with van der Waals surface area (Å²) in [5, 5.41) is 0. The maximum Gasteiger partial charge on any atom is 0.207 e. The molecule has 0 atom stereocenters. The molecule has 0 aliphatic carbocycles. The quantitative estimate of drug-likeness (QED) is 0.585. The van der Waals surface area contributed by atoms with Crippen LogP contribution in [0.2, 0.25) is 0 Å². The molecule has 0 spiro atoms. The molecule has 24 heavy (non-hydrogen) atoms. The minimum atomic E-state index is -3.82. The fraction of sp³-hybridized carbons (Fsp3) is 0. The van der Waals surface area contributed by atoms with Gasteiger partial charge in [-0.05, 0) is 30.3 Å². The van der Waals surface area contributed by atoms with Crippen molar-refractivity contribution in [3.63, 3.8) is 0 Å². The molecule has 0 aliphatic rings. The fourth-order valence-electron chi connectivity index (χ4n) is 2.43. The van der Waals surface area contributed by atoms with Crippen LogP contribution in [0.3, 0.4) is 0 Å². The summed E-state index contributed by atoms with van der Waals surface area (Å²) < 4.78 is 25.8. The summed E-state index contributed by atoms with van der Waals surface area (Å²) in [6.07, 6.45) is 0. The predicted octanol–water partition coefficient (Wildman–Crippen LogP) is 3.33. The van der Waals surface area contributed by atoms with E-state index in [1.165, 1.54) is 30.3 Å². The molecule has 2 N–H and O–H groups in total. The normalized spacial score (nSPS) is 11.2. The van der Waals surface area contributed by atoms with Crippen molar-refractivity contribution in [3.05, 3.63) is 90.0 Å². The number of hydrogen-bond donors (Lipinski definition) is 1. The van der Waals surface area contributed by atoms with E-state index in [1.807, 2.05) is 0 Å². The topological polar surface area (TPSA) is 77.2 Å². The van der Waals surface area contributed by atoms with Crippen LogP contribution in [0.15, 0.2) is 88.7 Å². The molecule has 0 saturated carbocycles. The van der Waals surface area contributed by atoms with Gasteiger partial charge in [0.25, 0.3) is 0 Å². The molecule has 0 amide bonds. The second kappa shape index (κ2) is 6.29. The third kappa shape index (κ3) is 2.94. The molecular weight excluding hydrogens is 322 g/mol. The molecule has 0 aliphatic heterocycles. The Morgan fingerprint density at radius 3 is 2.00 bits per heavy atom. The molecular formula is C19H15NO3S. The van der Waals surface area contributed by atoms with Crippen LogP contribution in [-0.4, -0.2) is 14.2 Å². The molecule has 3 rings (SSSR count). The van der Waals surface area contributed by atoms with Crippen molar-refractivity contribution >= 4 is 21.3 Å². The van der Waals surface area contributed by atoms with Crippen molar-refractivity contribution in [2.24, 2.45) is 0 Å². The number of nitrogen functional groups attached to an aromatic ring is 1. The van der Waals surface area contributed by atoms with Gasteiger partial charge in [0.2, 0.25) is 9.84 Å². The number of carbonyl (C=O) groups is 1. The van der Waals surface area contributed by atoms with Crippen LogP contribution in [-0.2, 0) is 9.84 Å². The van der Waals surface area contributed by atoms with Crippen molar-refractivity contribution in [3.8, 4) is 0 Å². The van der Waals surface area contributed by atoms with E-state index >= 15 is 0 Å². The molecule has 0 bridgehead atoms. The first-order chi connectivity index (χ1) is 11.5. The minimum absolute atomic E-state index is 0.0447. The lowest BCUT2D eigenvalue weighted by atomic mass is 10.0. The number of benzene rings is 3. The largest absolute Gasteiger partial charge is 0.399 e. The number of nitrogens with two attached hydrogens (primary N) is 1. The Balaban J connectivity index is 2.19. The number of anilines is 1. The summed E-state index contributed by atoms with van der Waals surface area (Å²) in [5.74, 6) is -0.377. The van der Waals surface area contributed by atoms with Gasteiger partial charge >= 0.3 is 0 Å². The lowest BCUT2D eigenvalue weighted by Gasteiger charge is -2.11. The molecule has 0 aromatic heterocycles. The first-order valence-corrected chi connectivity index (χ1v) is 8.78. The van der Waals surface area contributed by atoms with E-state index in [-0.39, 0.29) is 21.1 Å². The van der Waals surface area contributed by atoms with Crippen molar-refractivity contribution in [2.45, 2.75) is 9.79 Å². The second-order valence-electron chi connectivity index (χ2n) is 5.27. The molecule has 0 saturated heterocycles. The van der Waals surface area contributed by atoms with E-state index in [4.69, 9.17) is 5.73 Å². The highest BCUT2D eigenvalue weighted by molar-refractivity contribution is 7.91. The summed E-state index contributed by atoms with van der Waals surface area (Å²) >= 11 is 0. The summed E-state index contributed by atoms with van der Waals surface area (Å²) in [7, 11) is -3.82. The van der Waals surface area contributed by atoms with E-state index in [9.17, 15) is 13.2 Å². The van der Waals surface area contributed by atoms with E-state index in [0.29, 0.717) is 11.3 Å². The highest BCUT2D eigenvalue weighted by Crippen LogP contribution is 2.27. The van der Waals surface area contributed by atoms with Gasteiger partial charge in [-0.2, -0.15) is 0 Å². The smallest absolute Gasteiger partial charge is 0.207 e. The summed E-state index contributed by atoms with van der Waals surface area (Å²) in [6, 6.07) is 20.8. The average Bonchev–Trinajstić information content (AvgIpc) is 2.62. The Labute approximate surface area is 140 Å². The number of hydrogen-bond acceptors (Lipinski definition) is 4. The Bertz CT molecular complexity index is 982. The summed E-state index contributed by atoms with van der Waals surface area (Å²) in [6.45, 7) is 0. The summed E-state index contributed by atoms with van der Waals surface area (Å²) in [4.78, 5) is 12.9. The zero-order chi connectivity index (χ0) is 17.2. The van der Waals surface area contributed by atoms with E-state index in [1.54, 1.807) is 48.5 Å². The average molecular weight is 337 g/mol. The molecule has 3 aromatic carbocycles. The Hall–Kier alpha value is -2.92. The molecule has 120 valence electrons. The fourth-order valence-corrected chi connectivity index (χ4v) is 3.89. The molecule has 0 unspecified atom stereocenters. The molecule has 0 radical (unpaired) electrons. The first-order valence-electron chi connectivity index (χ1n) is 7.29. The zero-order valence-corrected chi connectivity index (χ0v) is 13.5. The van der Waals surface area contributed by atoms with Crippen molar-refractivity contribution in [1.29, 1.82) is 0 Å². The SMILES string of the molecule is Nc1ccc(S(=O)(=O)c2ccccc2)c(C(=O)c2ccccc2)c1. The van der Waals surface area contributed by atoms with Gasteiger partial charge in [0.1, 0.15) is 0 Å². The number of carbonyl (C=O) groups excluding carboxylic acids is 1. The zero-order valence-electron chi connectivity index (χ0n) is 12.7. The third-order valence-corrected chi connectivity index (χ3v) is 5.46. The molecule has 0 heterocycles. The van der Waals surface area contributed by atoms with Gasteiger partial charge in [0.15, 0.2) is 5.78 Å². The second-order valence-corrected chi connectivity index (χ2v) is 7.19. The van der Waals surface area contributed by atoms with Crippen LogP contribution in [0.1, 0.15) is 15.9 Å². The standard InChI is InChI=1S/C19H15NO3S/c20-15-11-12-18(24(22,23)16-9-5-2-6-10-16)17(13-15)19(21)14-7-3-1-4-8-14/h1-13H,20H2. The van der Waals surface area contributed by atoms with Crippen LogP contribution in [0.4, 0.5) is 5.69 Å². The van der Waals surface area contributed by atoms with Crippen LogP contribution in [0.5, 0.6) is 0 Å². The van der Waals surface area contributed by atoms with Crippen LogP contribution in [0, 0.1) is 0 Å². The van der Waals surface area contributed by atoms with Gasteiger partial charge in [-0.3, -0.25) is 4.79 Å². The van der Waals surface area contributed by atoms with E-state index in [2.05, 4.69) is 0 Å². The number of ketones is 1. The third-order valence-electron chi connectivity index (χ3n) is 3.63. The Morgan fingerprint density at radius 1 is 0.792 bits per heavy atom. The van der Waals surface area contributed by atoms with Crippen molar-refractivity contribution in [2.75, 3.05) is 5.73 Å². The monoisotopic (exact) mass is 337 g/mol. The van der Waals surface area contributed by atoms with Gasteiger partial charge < -0.3 is 5.73 Å². The lowest BCUT2D eigenvalue weighted by molar-refractivity contribution is 0.103. The van der Waals surface area contributed by atoms with Gasteiger partial charge in [-0.25, -0.2) is 8.42 Å². The molecule has 3 aromatic rings. The maximum atomic E-state index is 12.9. The lowest BCUT2D eigenvalue weighted by Crippen LogP contribution is -2.11. The van der Waals surface area contributed by atoms with E-state index < -0.39 is 9.84 Å². The van der Waals surface area contributed by atoms with Crippen molar-refractivity contribution in [1.82, 2.24) is 0 Å². The predicted molar refractivity (Wildman–Crippen MR) is 92.6 cm³/mol. The number of rotatable bonds is 4. The first kappa shape index (κ1) is 16.0. The number of sulfone groups is 1. The van der Waals surface area contributed by atoms with Gasteiger partial charge in [0, 0.05) is 16.8 Å². The highest BCUT2D eigenvalue weighted by Gasteiger charge is 2.25. The van der Waals surface area contributed by atoms with Gasteiger partial charge in [-0.15, -0.1) is 0 Å². The molecule has 5 heteroatoms.